The maximum Gasteiger partial charge on any atom is 0.437 e. The van der Waals surface area contributed by atoms with Gasteiger partial charge in [-0.3, -0.25) is 14.4 Å². The number of aromatic nitrogens is 2. The van der Waals surface area contributed by atoms with Gasteiger partial charge in [-0.1, -0.05) is 6.08 Å². The lowest BCUT2D eigenvalue weighted by molar-refractivity contribution is -0.141. The van der Waals surface area contributed by atoms with E-state index in [1.165, 1.54) is 6.08 Å². The Morgan fingerprint density at radius 2 is 2.04 bits per heavy atom. The summed E-state index contributed by atoms with van der Waals surface area (Å²) >= 11 is 0.968. The summed E-state index contributed by atoms with van der Waals surface area (Å²) in [6, 6.07) is 2.23. The quantitative estimate of drug-likeness (QED) is 0.295. The van der Waals surface area contributed by atoms with Crippen molar-refractivity contribution in [2.45, 2.75) is 24.7 Å². The molecule has 0 bridgehead atoms. The highest BCUT2D eigenvalue weighted by Crippen LogP contribution is 2.44. The van der Waals surface area contributed by atoms with Gasteiger partial charge in [0, 0.05) is 18.4 Å². The second-order valence-electron chi connectivity index (χ2n) is 4.99. The molecule has 1 heterocycles. The highest BCUT2D eigenvalue weighted by molar-refractivity contribution is 7.99. The first-order valence-electron chi connectivity index (χ1n) is 7.35. The third kappa shape index (κ3) is 3.90. The Bertz CT molecular complexity index is 819. The molecule has 1 aromatic carbocycles. The predicted octanol–water partition coefficient (Wildman–Crippen LogP) is 4.77. The third-order valence-electron chi connectivity index (χ3n) is 3.30. The second-order valence-corrected chi connectivity index (χ2v) is 6.00. The van der Waals surface area contributed by atoms with Crippen LogP contribution in [0.4, 0.5) is 33.3 Å². The molecule has 0 N–H and O–H groups in total. The first kappa shape index (κ1) is 20.0. The Morgan fingerprint density at radius 1 is 1.35 bits per heavy atom. The number of amides is 1. The maximum absolute atomic E-state index is 14.1. The van der Waals surface area contributed by atoms with E-state index in [0.717, 1.165) is 28.6 Å². The summed E-state index contributed by atoms with van der Waals surface area (Å²) in [6.07, 6.45) is -3.37. The van der Waals surface area contributed by atoms with Crippen LogP contribution in [0, 0.1) is 11.6 Å². The van der Waals surface area contributed by atoms with Gasteiger partial charge in [0.25, 0.3) is 0 Å². The second kappa shape index (κ2) is 7.90. The molecular formula is C16H14F5N3OS. The van der Waals surface area contributed by atoms with Gasteiger partial charge in [-0.05, 0) is 19.1 Å². The molecule has 26 heavy (non-hydrogen) atoms. The minimum atomic E-state index is -4.88. The van der Waals surface area contributed by atoms with Crippen molar-refractivity contribution in [3.63, 3.8) is 0 Å². The minimum Gasteiger partial charge on any atom is -0.278 e. The Kier molecular flexibility index (Phi) is 6.06. The number of carbonyl (C=O) groups excluding carboxylic acids is 1. The van der Waals surface area contributed by atoms with E-state index in [2.05, 4.69) is 11.7 Å². The third-order valence-corrected chi connectivity index (χ3v) is 4.38. The van der Waals surface area contributed by atoms with Gasteiger partial charge in [0.1, 0.15) is 22.3 Å². The summed E-state index contributed by atoms with van der Waals surface area (Å²) < 4.78 is 68.7. The summed E-state index contributed by atoms with van der Waals surface area (Å²) in [4.78, 5) is 12.1. The van der Waals surface area contributed by atoms with Crippen LogP contribution in [0.5, 0.6) is 0 Å². The van der Waals surface area contributed by atoms with E-state index in [4.69, 9.17) is 0 Å². The van der Waals surface area contributed by atoms with Gasteiger partial charge in [-0.25, -0.2) is 8.78 Å². The molecule has 2 rings (SSSR count). The molecule has 1 amide bonds. The molecule has 2 aromatic rings. The number of thioether (sulfide) groups is 1. The molecule has 0 atom stereocenters. The zero-order chi connectivity index (χ0) is 19.5. The standard InChI is InChI=1S/C16H14F5N3OS/c1-3-7-26-15-13(14(16(19,20)21)22-24(15)4-2)23(9-25)12-6-5-10(17)8-11(12)18/h3,5-6,8-9H,1,4,7H2,2H3. The fourth-order valence-electron chi connectivity index (χ4n) is 2.25. The van der Waals surface area contributed by atoms with Crippen molar-refractivity contribution in [1.29, 1.82) is 0 Å². The van der Waals surface area contributed by atoms with Crippen molar-refractivity contribution in [2.75, 3.05) is 10.7 Å². The van der Waals surface area contributed by atoms with Crippen LogP contribution in [0.15, 0.2) is 35.9 Å². The van der Waals surface area contributed by atoms with Gasteiger partial charge >= 0.3 is 6.18 Å². The van der Waals surface area contributed by atoms with Crippen LogP contribution in [-0.4, -0.2) is 21.9 Å². The molecule has 140 valence electrons. The first-order chi connectivity index (χ1) is 12.2. The molecule has 1 aromatic heterocycles. The average molecular weight is 391 g/mol. The smallest absolute Gasteiger partial charge is 0.278 e. The molecule has 0 unspecified atom stereocenters. The van der Waals surface area contributed by atoms with Crippen molar-refractivity contribution >= 4 is 29.5 Å². The Balaban J connectivity index is 2.75. The van der Waals surface area contributed by atoms with Crippen LogP contribution < -0.4 is 4.90 Å². The number of hydrogen-bond acceptors (Lipinski definition) is 3. The van der Waals surface area contributed by atoms with E-state index in [-0.39, 0.29) is 23.7 Å². The normalized spacial score (nSPS) is 11.5. The van der Waals surface area contributed by atoms with Crippen molar-refractivity contribution in [2.24, 2.45) is 0 Å². The number of alkyl halides is 3. The molecule has 0 aliphatic rings. The Hall–Kier alpha value is -2.36. The lowest BCUT2D eigenvalue weighted by Gasteiger charge is -2.20. The van der Waals surface area contributed by atoms with Crippen molar-refractivity contribution < 1.29 is 26.7 Å². The number of aryl methyl sites for hydroxylation is 1. The maximum atomic E-state index is 14.1. The zero-order valence-electron chi connectivity index (χ0n) is 13.6. The molecule has 0 fully saturated rings. The van der Waals surface area contributed by atoms with E-state index >= 15 is 0 Å². The summed E-state index contributed by atoms with van der Waals surface area (Å²) in [6.45, 7) is 5.19. The van der Waals surface area contributed by atoms with Crippen LogP contribution in [0.3, 0.4) is 0 Å². The molecule has 0 saturated heterocycles. The largest absolute Gasteiger partial charge is 0.437 e. The van der Waals surface area contributed by atoms with Crippen LogP contribution in [-0.2, 0) is 17.5 Å². The Morgan fingerprint density at radius 3 is 2.54 bits per heavy atom. The van der Waals surface area contributed by atoms with Crippen LogP contribution in [0.2, 0.25) is 0 Å². The predicted molar refractivity (Wildman–Crippen MR) is 88.4 cm³/mol. The molecule has 4 nitrogen and oxygen atoms in total. The van der Waals surface area contributed by atoms with E-state index in [0.29, 0.717) is 11.0 Å². The number of nitrogens with zero attached hydrogens (tertiary/aromatic N) is 3. The van der Waals surface area contributed by atoms with Crippen molar-refractivity contribution in [3.8, 4) is 0 Å². The van der Waals surface area contributed by atoms with E-state index in [1.54, 1.807) is 6.92 Å². The van der Waals surface area contributed by atoms with Gasteiger partial charge in [0.15, 0.2) is 5.69 Å². The molecule has 10 heteroatoms. The molecule has 0 spiro atoms. The number of carbonyl (C=O) groups is 1. The Labute approximate surface area is 150 Å². The molecule has 0 aliphatic carbocycles. The topological polar surface area (TPSA) is 38.1 Å². The molecule has 0 aliphatic heterocycles. The average Bonchev–Trinajstić information content (AvgIpc) is 2.94. The minimum absolute atomic E-state index is 0.0237. The lowest BCUT2D eigenvalue weighted by atomic mass is 10.2. The first-order valence-corrected chi connectivity index (χ1v) is 8.34. The number of anilines is 2. The van der Waals surface area contributed by atoms with Gasteiger partial charge < -0.3 is 0 Å². The highest BCUT2D eigenvalue weighted by atomic mass is 32.2. The number of benzene rings is 1. The summed E-state index contributed by atoms with van der Waals surface area (Å²) in [7, 11) is 0. The van der Waals surface area contributed by atoms with Gasteiger partial charge in [0.05, 0.1) is 5.69 Å². The van der Waals surface area contributed by atoms with E-state index in [1.807, 2.05) is 0 Å². The zero-order valence-corrected chi connectivity index (χ0v) is 14.4. The summed E-state index contributed by atoms with van der Waals surface area (Å²) in [5, 5.41) is 3.56. The lowest BCUT2D eigenvalue weighted by Crippen LogP contribution is -2.20. The van der Waals surface area contributed by atoms with Crippen LogP contribution >= 0.6 is 11.8 Å². The van der Waals surface area contributed by atoms with Gasteiger partial charge in [0.2, 0.25) is 6.41 Å². The molecule has 0 saturated carbocycles. The van der Waals surface area contributed by atoms with Crippen molar-refractivity contribution in [1.82, 2.24) is 9.78 Å². The number of hydrogen-bond donors (Lipinski definition) is 0. The van der Waals surface area contributed by atoms with E-state index < -0.39 is 34.9 Å². The van der Waals surface area contributed by atoms with Gasteiger partial charge in [-0.2, -0.15) is 18.3 Å². The molecular weight excluding hydrogens is 377 g/mol. The van der Waals surface area contributed by atoms with Crippen LogP contribution in [0.25, 0.3) is 0 Å². The van der Waals surface area contributed by atoms with E-state index in [9.17, 15) is 26.7 Å². The summed E-state index contributed by atoms with van der Waals surface area (Å²) in [5.74, 6) is -1.85. The fourth-order valence-corrected chi connectivity index (χ4v) is 3.17. The number of rotatable bonds is 7. The van der Waals surface area contributed by atoms with Gasteiger partial charge in [-0.15, -0.1) is 18.3 Å². The fraction of sp³-hybridized carbons (Fsp3) is 0.250. The monoisotopic (exact) mass is 391 g/mol. The molecule has 0 radical (unpaired) electrons. The number of halogens is 5. The van der Waals surface area contributed by atoms with Crippen molar-refractivity contribution in [3.05, 3.63) is 48.2 Å². The highest BCUT2D eigenvalue weighted by Gasteiger charge is 2.42. The SMILES string of the molecule is C=CCSc1c(N(C=O)c2ccc(F)cc2F)c(C(F)(F)F)nn1CC. The van der Waals surface area contributed by atoms with Crippen LogP contribution in [0.1, 0.15) is 12.6 Å². The summed E-state index contributed by atoms with van der Waals surface area (Å²) in [5.41, 5.74) is -2.45.